The molecule has 0 aliphatic carbocycles. The lowest BCUT2D eigenvalue weighted by molar-refractivity contribution is -0.145. The molecular weight excluding hydrogens is 334 g/mol. The van der Waals surface area contributed by atoms with Crippen molar-refractivity contribution in [3.63, 3.8) is 0 Å². The van der Waals surface area contributed by atoms with Crippen LogP contribution in [0.15, 0.2) is 36.4 Å². The van der Waals surface area contributed by atoms with Crippen LogP contribution in [-0.4, -0.2) is 63.3 Å². The zero-order valence-electron chi connectivity index (χ0n) is 14.7. The monoisotopic (exact) mass is 357 g/mol. The van der Waals surface area contributed by atoms with Crippen molar-refractivity contribution in [2.24, 2.45) is 0 Å². The van der Waals surface area contributed by atoms with Gasteiger partial charge in [-0.2, -0.15) is 0 Å². The summed E-state index contributed by atoms with van der Waals surface area (Å²) in [5, 5.41) is 23.1. The normalized spacial score (nSPS) is 17.7. The highest BCUT2D eigenvalue weighted by Gasteiger charge is 2.41. The first kappa shape index (κ1) is 18.3. The number of nitrogens with zero attached hydrogens (tertiary/aromatic N) is 2. The van der Waals surface area contributed by atoms with E-state index in [0.29, 0.717) is 5.69 Å². The molecule has 1 aliphatic heterocycles. The summed E-state index contributed by atoms with van der Waals surface area (Å²) in [5.74, 6) is -0.711. The van der Waals surface area contributed by atoms with Crippen molar-refractivity contribution in [3.05, 3.63) is 42.1 Å². The van der Waals surface area contributed by atoms with E-state index in [1.165, 1.54) is 0 Å². The molecule has 2 heterocycles. The predicted molar refractivity (Wildman–Crippen MR) is 96.5 cm³/mol. The van der Waals surface area contributed by atoms with Gasteiger partial charge in [0, 0.05) is 37.4 Å². The number of rotatable bonds is 4. The van der Waals surface area contributed by atoms with Crippen LogP contribution in [0.2, 0.25) is 0 Å². The highest BCUT2D eigenvalue weighted by Crippen LogP contribution is 2.24. The zero-order chi connectivity index (χ0) is 18.7. The molecule has 1 aromatic heterocycles. The molecular formula is C19H23N3O4. The van der Waals surface area contributed by atoms with E-state index in [-0.39, 0.29) is 38.4 Å². The van der Waals surface area contributed by atoms with E-state index < -0.39 is 17.6 Å². The first-order valence-corrected chi connectivity index (χ1v) is 8.72. The van der Waals surface area contributed by atoms with Crippen LogP contribution in [0.4, 0.5) is 0 Å². The third-order valence-electron chi connectivity index (χ3n) is 4.77. The first-order chi connectivity index (χ1) is 12.4. The molecule has 2 amide bonds. The number of hydrogen-bond acceptors (Lipinski definition) is 5. The Morgan fingerprint density at radius 1 is 1.23 bits per heavy atom. The second-order valence-electron chi connectivity index (χ2n) is 6.77. The number of carbonyl (C=O) groups is 2. The van der Waals surface area contributed by atoms with Gasteiger partial charge in [-0.3, -0.25) is 9.59 Å². The summed E-state index contributed by atoms with van der Waals surface area (Å²) in [5.41, 5.74) is -0.409. The third-order valence-corrected chi connectivity index (χ3v) is 4.77. The number of likely N-dealkylation sites (tertiary alicyclic amines) is 1. The highest BCUT2D eigenvalue weighted by molar-refractivity contribution is 5.95. The molecule has 1 aromatic carbocycles. The molecule has 26 heavy (non-hydrogen) atoms. The molecule has 1 unspecified atom stereocenters. The third kappa shape index (κ3) is 3.68. The van der Waals surface area contributed by atoms with Crippen LogP contribution < -0.4 is 5.32 Å². The SMILES string of the molecule is CC(CO)NC(=O)C1(O)CCN(C(=O)c2ccc3ccccc3n2)CC1. The van der Waals surface area contributed by atoms with E-state index in [4.69, 9.17) is 5.11 Å². The summed E-state index contributed by atoms with van der Waals surface area (Å²) in [6.45, 7) is 2.00. The first-order valence-electron chi connectivity index (χ1n) is 8.72. The van der Waals surface area contributed by atoms with E-state index in [9.17, 15) is 14.7 Å². The maximum absolute atomic E-state index is 12.7. The Balaban J connectivity index is 1.66. The second kappa shape index (κ2) is 7.39. The van der Waals surface area contributed by atoms with Crippen LogP contribution in [0.3, 0.4) is 0 Å². The van der Waals surface area contributed by atoms with Crippen molar-refractivity contribution in [2.75, 3.05) is 19.7 Å². The average Bonchev–Trinajstić information content (AvgIpc) is 2.67. The van der Waals surface area contributed by atoms with Crippen LogP contribution >= 0.6 is 0 Å². The summed E-state index contributed by atoms with van der Waals surface area (Å²) in [6.07, 6.45) is 0.298. The second-order valence-corrected chi connectivity index (χ2v) is 6.77. The van der Waals surface area contributed by atoms with Gasteiger partial charge < -0.3 is 20.4 Å². The number of aliphatic hydroxyl groups is 2. The summed E-state index contributed by atoms with van der Waals surface area (Å²) >= 11 is 0. The van der Waals surface area contributed by atoms with Crippen molar-refractivity contribution >= 4 is 22.7 Å². The molecule has 0 saturated carbocycles. The number of fused-ring (bicyclic) bond motifs is 1. The number of pyridine rings is 1. The molecule has 7 nitrogen and oxygen atoms in total. The van der Waals surface area contributed by atoms with Gasteiger partial charge in [0.15, 0.2) is 0 Å². The minimum absolute atomic E-state index is 0.149. The average molecular weight is 357 g/mol. The quantitative estimate of drug-likeness (QED) is 0.747. The van der Waals surface area contributed by atoms with Crippen molar-refractivity contribution in [1.29, 1.82) is 0 Å². The molecule has 3 rings (SSSR count). The Labute approximate surface area is 151 Å². The number of hydrogen-bond donors (Lipinski definition) is 3. The molecule has 1 atom stereocenters. The predicted octanol–water partition coefficient (Wildman–Crippen LogP) is 0.699. The van der Waals surface area contributed by atoms with Crippen LogP contribution in [0, 0.1) is 0 Å². The van der Waals surface area contributed by atoms with Gasteiger partial charge in [-0.25, -0.2) is 4.98 Å². The largest absolute Gasteiger partial charge is 0.394 e. The van der Waals surface area contributed by atoms with E-state index >= 15 is 0 Å². The number of aromatic nitrogens is 1. The summed E-state index contributed by atoms with van der Waals surface area (Å²) in [6, 6.07) is 10.7. The molecule has 0 spiro atoms. The van der Waals surface area contributed by atoms with Crippen LogP contribution in [0.5, 0.6) is 0 Å². The fraction of sp³-hybridized carbons (Fsp3) is 0.421. The minimum atomic E-state index is -1.52. The molecule has 0 radical (unpaired) electrons. The Bertz CT molecular complexity index is 815. The number of amides is 2. The molecule has 7 heteroatoms. The molecule has 2 aromatic rings. The van der Waals surface area contributed by atoms with Crippen LogP contribution in [-0.2, 0) is 4.79 Å². The van der Waals surface area contributed by atoms with Gasteiger partial charge in [0.2, 0.25) is 0 Å². The topological polar surface area (TPSA) is 103 Å². The van der Waals surface area contributed by atoms with E-state index in [1.807, 2.05) is 30.3 Å². The molecule has 138 valence electrons. The van der Waals surface area contributed by atoms with Gasteiger partial charge in [-0.1, -0.05) is 24.3 Å². The molecule has 1 aliphatic rings. The Morgan fingerprint density at radius 3 is 2.62 bits per heavy atom. The van der Waals surface area contributed by atoms with Crippen molar-refractivity contribution in [1.82, 2.24) is 15.2 Å². The van der Waals surface area contributed by atoms with Gasteiger partial charge in [0.1, 0.15) is 11.3 Å². The van der Waals surface area contributed by atoms with E-state index in [1.54, 1.807) is 17.9 Å². The number of benzene rings is 1. The maximum atomic E-state index is 12.7. The molecule has 1 fully saturated rings. The van der Waals surface area contributed by atoms with Gasteiger partial charge >= 0.3 is 0 Å². The fourth-order valence-corrected chi connectivity index (χ4v) is 3.06. The smallest absolute Gasteiger partial charge is 0.272 e. The molecule has 3 N–H and O–H groups in total. The Hall–Kier alpha value is -2.51. The van der Waals surface area contributed by atoms with Crippen molar-refractivity contribution < 1.29 is 19.8 Å². The molecule has 1 saturated heterocycles. The van der Waals surface area contributed by atoms with Crippen molar-refractivity contribution in [2.45, 2.75) is 31.4 Å². The number of nitrogens with one attached hydrogen (secondary N) is 1. The molecule has 0 bridgehead atoms. The number of carbonyl (C=O) groups excluding carboxylic acids is 2. The van der Waals surface area contributed by atoms with E-state index in [2.05, 4.69) is 10.3 Å². The lowest BCUT2D eigenvalue weighted by Crippen LogP contribution is -2.56. The Kier molecular flexibility index (Phi) is 5.20. The minimum Gasteiger partial charge on any atom is -0.394 e. The van der Waals surface area contributed by atoms with E-state index in [0.717, 1.165) is 10.9 Å². The maximum Gasteiger partial charge on any atom is 0.272 e. The van der Waals surface area contributed by atoms with Crippen LogP contribution in [0.25, 0.3) is 10.9 Å². The van der Waals surface area contributed by atoms with Crippen molar-refractivity contribution in [3.8, 4) is 0 Å². The lowest BCUT2D eigenvalue weighted by atomic mass is 9.90. The van der Waals surface area contributed by atoms with Gasteiger partial charge in [-0.05, 0) is 19.1 Å². The number of para-hydroxylation sites is 1. The lowest BCUT2D eigenvalue weighted by Gasteiger charge is -2.37. The summed E-state index contributed by atoms with van der Waals surface area (Å²) in [4.78, 5) is 30.9. The van der Waals surface area contributed by atoms with Crippen LogP contribution in [0.1, 0.15) is 30.3 Å². The highest BCUT2D eigenvalue weighted by atomic mass is 16.3. The summed E-state index contributed by atoms with van der Waals surface area (Å²) in [7, 11) is 0. The van der Waals surface area contributed by atoms with Gasteiger partial charge in [0.05, 0.1) is 12.1 Å². The number of aliphatic hydroxyl groups excluding tert-OH is 1. The van der Waals surface area contributed by atoms with Gasteiger partial charge in [-0.15, -0.1) is 0 Å². The Morgan fingerprint density at radius 2 is 1.92 bits per heavy atom. The fourth-order valence-electron chi connectivity index (χ4n) is 3.06. The van der Waals surface area contributed by atoms with Gasteiger partial charge in [0.25, 0.3) is 11.8 Å². The summed E-state index contributed by atoms with van der Waals surface area (Å²) < 4.78 is 0. The number of piperidine rings is 1. The zero-order valence-corrected chi connectivity index (χ0v) is 14.7. The standard InChI is InChI=1S/C19H23N3O4/c1-13(12-23)20-18(25)19(26)8-10-22(11-9-19)17(24)16-7-6-14-4-2-3-5-15(14)21-16/h2-7,13,23,26H,8-12H2,1H3,(H,20,25).